The van der Waals surface area contributed by atoms with E-state index in [1.165, 1.54) is 27.0 Å². The molecule has 0 atom stereocenters. The third-order valence-corrected chi connectivity index (χ3v) is 6.60. The summed E-state index contributed by atoms with van der Waals surface area (Å²) in [6, 6.07) is 17.0. The number of unbranched alkanes of at least 4 members (excludes halogenated alkanes) is 2. The maximum atomic E-state index is 11.4. The van der Waals surface area contributed by atoms with Crippen molar-refractivity contribution < 1.29 is 27.5 Å². The van der Waals surface area contributed by atoms with Gasteiger partial charge in [-0.1, -0.05) is 62.1 Å². The summed E-state index contributed by atoms with van der Waals surface area (Å²) in [7, 11) is 0. The van der Waals surface area contributed by atoms with E-state index in [1.54, 1.807) is 0 Å². The van der Waals surface area contributed by atoms with Gasteiger partial charge in [0.05, 0.1) is 0 Å². The van der Waals surface area contributed by atoms with Gasteiger partial charge in [0.1, 0.15) is 0 Å². The molecule has 3 rings (SSSR count). The fourth-order valence-electron chi connectivity index (χ4n) is 4.10. The molecule has 0 saturated carbocycles. The first-order chi connectivity index (χ1) is 17.0. The second-order valence-electron chi connectivity index (χ2n) is 8.72. The number of nitrogens with zero attached hydrogens (tertiary/aromatic N) is 2. The first kappa shape index (κ1) is 29.2. The zero-order chi connectivity index (χ0) is 25.6. The van der Waals surface area contributed by atoms with Crippen molar-refractivity contribution in [3.63, 3.8) is 0 Å². The van der Waals surface area contributed by atoms with Gasteiger partial charge >= 0.3 is 49.9 Å². The van der Waals surface area contributed by atoms with Gasteiger partial charge < -0.3 is 5.53 Å². The van der Waals surface area contributed by atoms with Crippen LogP contribution in [0.4, 0.5) is 0 Å². The molecule has 5 heteroatoms. The van der Waals surface area contributed by atoms with Crippen LogP contribution in [-0.2, 0) is 22.8 Å². The molecule has 0 saturated heterocycles. The van der Waals surface area contributed by atoms with Crippen LogP contribution in [0.15, 0.2) is 59.7 Å². The Bertz CT molecular complexity index is 1010. The Balaban J connectivity index is 0.000000540. The van der Waals surface area contributed by atoms with Crippen molar-refractivity contribution >= 4 is 11.4 Å². The summed E-state index contributed by atoms with van der Waals surface area (Å²) < 4.78 is 11.0. The van der Waals surface area contributed by atoms with E-state index >= 15 is 0 Å². The number of hydrogen-bond acceptors (Lipinski definition) is 2. The summed E-state index contributed by atoms with van der Waals surface area (Å²) in [5, 5.41) is 0. The molecule has 0 N–H and O–H groups in total. The number of benzene rings is 2. The van der Waals surface area contributed by atoms with Crippen LogP contribution in [0.5, 0.6) is 0 Å². The van der Waals surface area contributed by atoms with E-state index in [-0.39, 0.29) is 0 Å². The van der Waals surface area contributed by atoms with Crippen molar-refractivity contribution in [3.05, 3.63) is 87.5 Å². The predicted molar refractivity (Wildman–Crippen MR) is 142 cm³/mol. The molecule has 1 aliphatic rings. The predicted octanol–water partition coefficient (Wildman–Crippen LogP) is 8.83. The summed E-state index contributed by atoms with van der Waals surface area (Å²) in [5.74, 6) is 0. The van der Waals surface area contributed by atoms with E-state index in [4.69, 9.17) is 7.76 Å². The molecule has 2 aromatic rings. The maximum absolute atomic E-state index is 11.4. The fraction of sp³-hybridized carbons (Fsp3) is 0.467. The molecule has 0 radical (unpaired) electrons. The molecule has 0 fully saturated rings. The molecular formula is C30H42N2NiO2. The second kappa shape index (κ2) is 15.8. The van der Waals surface area contributed by atoms with Gasteiger partial charge in [0.25, 0.3) is 0 Å². The number of rotatable bonds is 12. The molecule has 194 valence electrons. The summed E-state index contributed by atoms with van der Waals surface area (Å²) >= 11 is 0.899. The normalized spacial score (nSPS) is 13.5. The molecule has 35 heavy (non-hydrogen) atoms. The summed E-state index contributed by atoms with van der Waals surface area (Å²) in [6.07, 6.45) is 6.58. The monoisotopic (exact) mass is 520 g/mol. The van der Waals surface area contributed by atoms with Crippen LogP contribution in [0.2, 0.25) is 0 Å². The third kappa shape index (κ3) is 8.53. The van der Waals surface area contributed by atoms with Gasteiger partial charge in [0.15, 0.2) is 0 Å². The first-order valence-electron chi connectivity index (χ1n) is 12.9. The summed E-state index contributed by atoms with van der Waals surface area (Å²) in [6.45, 7) is 13.9. The molecule has 1 heterocycles. The van der Waals surface area contributed by atoms with Crippen LogP contribution in [0.1, 0.15) is 88.5 Å². The van der Waals surface area contributed by atoms with Crippen molar-refractivity contribution in [3.8, 4) is 0 Å². The van der Waals surface area contributed by atoms with Crippen LogP contribution in [-0.4, -0.2) is 17.9 Å². The van der Waals surface area contributed by atoms with E-state index in [9.17, 15) is 5.53 Å². The van der Waals surface area contributed by atoms with Gasteiger partial charge in [0.2, 0.25) is 11.4 Å². The van der Waals surface area contributed by atoms with Crippen LogP contribution in [0, 0.1) is 13.8 Å². The van der Waals surface area contributed by atoms with Gasteiger partial charge in [-0.15, -0.1) is 0 Å². The molecule has 0 amide bonds. The van der Waals surface area contributed by atoms with E-state index in [0.717, 1.165) is 76.1 Å². The van der Waals surface area contributed by atoms with Gasteiger partial charge in [-0.05, 0) is 63.8 Å². The molecular weight excluding hydrogens is 479 g/mol. The minimum absolute atomic E-state index is 0.708. The van der Waals surface area contributed by atoms with Gasteiger partial charge in [-0.2, -0.15) is 0 Å². The Morgan fingerprint density at radius 1 is 0.714 bits per heavy atom. The van der Waals surface area contributed by atoms with Crippen LogP contribution in [0.25, 0.3) is 16.9 Å². The van der Waals surface area contributed by atoms with Crippen LogP contribution >= 0.6 is 0 Å². The Kier molecular flexibility index (Phi) is 13.2. The van der Waals surface area contributed by atoms with Crippen molar-refractivity contribution in [1.29, 1.82) is 0 Å². The zero-order valence-electron chi connectivity index (χ0n) is 22.3. The van der Waals surface area contributed by atoms with Crippen molar-refractivity contribution in [2.45, 2.75) is 80.1 Å². The van der Waals surface area contributed by atoms with E-state index in [2.05, 4.69) is 76.2 Å². The van der Waals surface area contributed by atoms with E-state index < -0.39 is 0 Å². The molecule has 2 aromatic carbocycles. The van der Waals surface area contributed by atoms with Crippen LogP contribution < -0.4 is 0 Å². The summed E-state index contributed by atoms with van der Waals surface area (Å²) in [4.78, 5) is 0. The zero-order valence-corrected chi connectivity index (χ0v) is 23.3. The Labute approximate surface area is 219 Å². The minimum atomic E-state index is 0.708. The molecule has 0 unspecified atom stereocenters. The van der Waals surface area contributed by atoms with E-state index in [0.29, 0.717) is 13.2 Å². The second-order valence-corrected chi connectivity index (χ2v) is 9.46. The SMILES string of the molecule is CCCCC1=C(c2ccc(C)cc2)[N+](=[N-])C(c2cccc(C)c2)=C1CCCC.CC[O][Ni][O]CC. The Morgan fingerprint density at radius 2 is 1.26 bits per heavy atom. The average Bonchev–Trinajstić information content (AvgIpc) is 3.13. The van der Waals surface area contributed by atoms with Crippen molar-refractivity contribution in [2.24, 2.45) is 0 Å². The number of aryl methyl sites for hydroxylation is 2. The molecule has 0 aromatic heterocycles. The summed E-state index contributed by atoms with van der Waals surface area (Å²) in [5.41, 5.74) is 20.6. The molecule has 4 nitrogen and oxygen atoms in total. The van der Waals surface area contributed by atoms with Crippen LogP contribution in [0.3, 0.4) is 0 Å². The van der Waals surface area contributed by atoms with Crippen molar-refractivity contribution in [1.82, 2.24) is 0 Å². The Morgan fingerprint density at radius 3 is 1.74 bits per heavy atom. The average molecular weight is 521 g/mol. The number of hydrogen-bond donors (Lipinski definition) is 0. The molecule has 0 aliphatic carbocycles. The molecule has 0 spiro atoms. The standard InChI is InChI=1S/C26H32N2.2C2H5O.Ni/c1-5-7-12-23-24(13-8-6-2)26(22-11-9-10-20(4)18-22)28(27)25(23)21-16-14-19(3)15-17-21;2*1-2-3;/h9-11,14-18H,5-8,12-13H2,1-4H3;2*2H2,1H3;/q;2*-1;+2. The topological polar surface area (TPSA) is 43.8 Å². The van der Waals surface area contributed by atoms with Crippen molar-refractivity contribution in [2.75, 3.05) is 13.2 Å². The van der Waals surface area contributed by atoms with Gasteiger partial charge in [-0.25, -0.2) is 4.70 Å². The fourth-order valence-corrected chi connectivity index (χ4v) is 4.41. The number of allylic oxidation sites excluding steroid dienone is 2. The molecule has 1 aliphatic heterocycles. The quantitative estimate of drug-likeness (QED) is 0.159. The first-order valence-corrected chi connectivity index (χ1v) is 13.7. The van der Waals surface area contributed by atoms with E-state index in [1.807, 2.05) is 13.8 Å². The third-order valence-electron chi connectivity index (χ3n) is 5.79. The Hall–Kier alpha value is -2.07. The van der Waals surface area contributed by atoms with Gasteiger partial charge in [-0.3, -0.25) is 0 Å². The van der Waals surface area contributed by atoms with Gasteiger partial charge in [0, 0.05) is 22.3 Å². The molecule has 0 bridgehead atoms.